The molecular weight excluding hydrogens is 379 g/mol. The molecule has 2 aromatic carbocycles. The van der Waals surface area contributed by atoms with Crippen molar-refractivity contribution >= 4 is 10.0 Å². The minimum atomic E-state index is -4.73. The van der Waals surface area contributed by atoms with E-state index in [1.807, 2.05) is 30.3 Å². The average Bonchev–Trinajstić information content (AvgIpc) is 3.03. The van der Waals surface area contributed by atoms with Crippen molar-refractivity contribution < 1.29 is 21.6 Å². The fraction of sp³-hybridized carbons (Fsp3) is 0.278. The molecule has 5 nitrogen and oxygen atoms in total. The van der Waals surface area contributed by atoms with Crippen LogP contribution in [0, 0.1) is 11.3 Å². The van der Waals surface area contributed by atoms with Gasteiger partial charge >= 0.3 is 6.18 Å². The van der Waals surface area contributed by atoms with Gasteiger partial charge in [-0.05, 0) is 23.8 Å². The number of halogens is 3. The Morgan fingerprint density at radius 3 is 2.37 bits per heavy atom. The Morgan fingerprint density at radius 2 is 1.78 bits per heavy atom. The van der Waals surface area contributed by atoms with Gasteiger partial charge in [-0.3, -0.25) is 0 Å². The molecule has 142 valence electrons. The number of nitriles is 1. The van der Waals surface area contributed by atoms with E-state index in [1.165, 1.54) is 6.07 Å². The second-order valence-corrected chi connectivity index (χ2v) is 8.26. The van der Waals surface area contributed by atoms with Crippen molar-refractivity contribution in [1.82, 2.24) is 4.31 Å². The van der Waals surface area contributed by atoms with Crippen molar-refractivity contribution in [2.24, 2.45) is 5.73 Å². The summed E-state index contributed by atoms with van der Waals surface area (Å²) in [5.74, 6) is -0.217. The molecule has 1 aliphatic rings. The molecule has 1 heterocycles. The maximum absolute atomic E-state index is 12.9. The molecule has 2 N–H and O–H groups in total. The third-order valence-corrected chi connectivity index (χ3v) is 6.44. The average molecular weight is 395 g/mol. The monoisotopic (exact) mass is 395 g/mol. The molecule has 0 unspecified atom stereocenters. The Morgan fingerprint density at radius 1 is 1.11 bits per heavy atom. The highest BCUT2D eigenvalue weighted by atomic mass is 32.2. The Kier molecular flexibility index (Phi) is 4.99. The van der Waals surface area contributed by atoms with Crippen LogP contribution >= 0.6 is 0 Å². The summed E-state index contributed by atoms with van der Waals surface area (Å²) in [6.07, 6.45) is -4.73. The van der Waals surface area contributed by atoms with E-state index in [1.54, 1.807) is 0 Å². The van der Waals surface area contributed by atoms with Gasteiger partial charge in [0.15, 0.2) is 0 Å². The largest absolute Gasteiger partial charge is 0.417 e. The fourth-order valence-corrected chi connectivity index (χ4v) is 4.74. The molecule has 27 heavy (non-hydrogen) atoms. The van der Waals surface area contributed by atoms with Crippen LogP contribution in [0.25, 0.3) is 0 Å². The van der Waals surface area contributed by atoms with Crippen LogP contribution in [0.2, 0.25) is 0 Å². The summed E-state index contributed by atoms with van der Waals surface area (Å²) in [6, 6.07) is 12.4. The number of sulfonamides is 1. The zero-order valence-corrected chi connectivity index (χ0v) is 14.8. The first-order chi connectivity index (χ1) is 12.6. The molecule has 0 amide bonds. The van der Waals surface area contributed by atoms with Crippen LogP contribution in [0.1, 0.15) is 22.6 Å². The Balaban J connectivity index is 1.93. The standard InChI is InChI=1S/C18H16F3N3O2S/c19-18(20,21)16-7-6-14(8-13(16)9-22)27(25,26)24-10-15(17(23)11-24)12-4-2-1-3-5-12/h1-8,15,17H,10-11,23H2/t15-,17+/m0/s1. The molecule has 9 heteroatoms. The van der Waals surface area contributed by atoms with Gasteiger partial charge in [0.2, 0.25) is 10.0 Å². The first kappa shape index (κ1) is 19.4. The van der Waals surface area contributed by atoms with Gasteiger partial charge < -0.3 is 5.73 Å². The highest BCUT2D eigenvalue weighted by Gasteiger charge is 2.39. The molecule has 1 aliphatic heterocycles. The third kappa shape index (κ3) is 3.69. The van der Waals surface area contributed by atoms with E-state index >= 15 is 0 Å². The molecule has 3 rings (SSSR count). The summed E-state index contributed by atoms with van der Waals surface area (Å²) in [7, 11) is -4.07. The van der Waals surface area contributed by atoms with Crippen molar-refractivity contribution in [3.05, 3.63) is 65.2 Å². The predicted octanol–water partition coefficient (Wildman–Crippen LogP) is 2.69. The van der Waals surface area contributed by atoms with Crippen LogP contribution in [0.3, 0.4) is 0 Å². The van der Waals surface area contributed by atoms with E-state index in [4.69, 9.17) is 11.0 Å². The molecule has 2 aromatic rings. The van der Waals surface area contributed by atoms with Gasteiger partial charge in [-0.15, -0.1) is 0 Å². The zero-order valence-electron chi connectivity index (χ0n) is 14.0. The smallest absolute Gasteiger partial charge is 0.326 e. The molecular formula is C18H16F3N3O2S. The summed E-state index contributed by atoms with van der Waals surface area (Å²) in [6.45, 7) is 0.168. The van der Waals surface area contributed by atoms with Gasteiger partial charge in [0, 0.05) is 25.0 Å². The first-order valence-corrected chi connectivity index (χ1v) is 9.50. The number of rotatable bonds is 3. The van der Waals surface area contributed by atoms with E-state index in [0.29, 0.717) is 6.07 Å². The molecule has 0 spiro atoms. The second kappa shape index (κ2) is 6.96. The number of nitrogens with zero attached hydrogens (tertiary/aromatic N) is 2. The number of hydrogen-bond donors (Lipinski definition) is 1. The lowest BCUT2D eigenvalue weighted by Crippen LogP contribution is -2.32. The Labute approximate surface area is 154 Å². The minimum Gasteiger partial charge on any atom is -0.326 e. The van der Waals surface area contributed by atoms with Crippen molar-refractivity contribution in [3.8, 4) is 6.07 Å². The first-order valence-electron chi connectivity index (χ1n) is 8.06. The third-order valence-electron chi connectivity index (χ3n) is 4.61. The normalized spacial score (nSPS) is 21.1. The fourth-order valence-electron chi connectivity index (χ4n) is 3.21. The Hall–Kier alpha value is -2.41. The van der Waals surface area contributed by atoms with Crippen molar-refractivity contribution in [1.29, 1.82) is 5.26 Å². The summed E-state index contributed by atoms with van der Waals surface area (Å²) in [4.78, 5) is -0.354. The zero-order chi connectivity index (χ0) is 19.8. The van der Waals surface area contributed by atoms with E-state index in [0.717, 1.165) is 22.0 Å². The molecule has 0 bridgehead atoms. The van der Waals surface area contributed by atoms with Crippen LogP contribution in [0.4, 0.5) is 13.2 Å². The number of hydrogen-bond acceptors (Lipinski definition) is 4. The van der Waals surface area contributed by atoms with Gasteiger partial charge in [0.05, 0.1) is 22.1 Å². The van der Waals surface area contributed by atoms with E-state index in [9.17, 15) is 21.6 Å². The van der Waals surface area contributed by atoms with Crippen LogP contribution in [-0.4, -0.2) is 31.9 Å². The van der Waals surface area contributed by atoms with Gasteiger partial charge in [0.1, 0.15) is 0 Å². The lowest BCUT2D eigenvalue weighted by molar-refractivity contribution is -0.137. The Bertz CT molecular complexity index is 985. The van der Waals surface area contributed by atoms with Gasteiger partial charge in [-0.2, -0.15) is 22.7 Å². The minimum absolute atomic E-state index is 0.0464. The number of nitrogens with two attached hydrogens (primary N) is 1. The van der Waals surface area contributed by atoms with Crippen molar-refractivity contribution in [3.63, 3.8) is 0 Å². The quantitative estimate of drug-likeness (QED) is 0.866. The molecule has 0 radical (unpaired) electrons. The maximum atomic E-state index is 12.9. The molecule has 0 aliphatic carbocycles. The summed E-state index contributed by atoms with van der Waals surface area (Å²) >= 11 is 0. The maximum Gasteiger partial charge on any atom is 0.417 e. The molecule has 0 aromatic heterocycles. The molecule has 0 saturated carbocycles. The molecule has 1 saturated heterocycles. The molecule has 1 fully saturated rings. The van der Waals surface area contributed by atoms with E-state index < -0.39 is 33.4 Å². The van der Waals surface area contributed by atoms with Crippen LogP contribution in [0.15, 0.2) is 53.4 Å². The van der Waals surface area contributed by atoms with Crippen molar-refractivity contribution in [2.45, 2.75) is 23.0 Å². The SMILES string of the molecule is N#Cc1cc(S(=O)(=O)N2C[C@@H](N)[C@H](c3ccccc3)C2)ccc1C(F)(F)F. The lowest BCUT2D eigenvalue weighted by atomic mass is 9.95. The van der Waals surface area contributed by atoms with Crippen LogP contribution in [0.5, 0.6) is 0 Å². The summed E-state index contributed by atoms with van der Waals surface area (Å²) in [5, 5.41) is 8.99. The topological polar surface area (TPSA) is 87.2 Å². The molecule has 2 atom stereocenters. The highest BCUT2D eigenvalue weighted by molar-refractivity contribution is 7.89. The highest BCUT2D eigenvalue weighted by Crippen LogP contribution is 2.35. The second-order valence-electron chi connectivity index (χ2n) is 6.32. The van der Waals surface area contributed by atoms with Gasteiger partial charge in [0.25, 0.3) is 0 Å². The summed E-state index contributed by atoms with van der Waals surface area (Å²) < 4.78 is 65.7. The van der Waals surface area contributed by atoms with E-state index in [2.05, 4.69) is 0 Å². The van der Waals surface area contributed by atoms with E-state index in [-0.39, 0.29) is 23.9 Å². The van der Waals surface area contributed by atoms with Crippen LogP contribution < -0.4 is 5.73 Å². The predicted molar refractivity (Wildman–Crippen MR) is 92.1 cm³/mol. The lowest BCUT2D eigenvalue weighted by Gasteiger charge is -2.18. The van der Waals surface area contributed by atoms with Crippen LogP contribution in [-0.2, 0) is 16.2 Å². The van der Waals surface area contributed by atoms with Gasteiger partial charge in [-0.1, -0.05) is 30.3 Å². The van der Waals surface area contributed by atoms with Gasteiger partial charge in [-0.25, -0.2) is 8.42 Å². The number of benzene rings is 2. The number of alkyl halides is 3. The summed E-state index contributed by atoms with van der Waals surface area (Å²) in [5.41, 5.74) is 5.11. The van der Waals surface area contributed by atoms with Crippen molar-refractivity contribution in [2.75, 3.05) is 13.1 Å².